The predicted octanol–water partition coefficient (Wildman–Crippen LogP) is 1.52. The number of hydrogen-bond donors (Lipinski definition) is 0. The lowest BCUT2D eigenvalue weighted by Crippen LogP contribution is -1.59. The maximum atomic E-state index is 9.33. The fourth-order valence-electron chi connectivity index (χ4n) is 0.136. The van der Waals surface area contributed by atoms with Gasteiger partial charge in [-0.15, -0.1) is 13.2 Å². The van der Waals surface area contributed by atoms with Crippen LogP contribution in [-0.2, 0) is 9.59 Å². The fraction of sp³-hybridized carbons (Fsp3) is 0.250. The minimum Gasteiger partial charge on any atom is -0.303 e. The summed E-state index contributed by atoms with van der Waals surface area (Å²) in [7, 11) is 0. The van der Waals surface area contributed by atoms with Crippen LogP contribution in [0.2, 0.25) is 0 Å². The average Bonchev–Trinajstić information content (AvgIpc) is 1.93. The van der Waals surface area contributed by atoms with Gasteiger partial charge in [-0.25, -0.2) is 0 Å². The lowest BCUT2D eigenvalue weighted by molar-refractivity contribution is -0.107. The Morgan fingerprint density at radius 2 is 1.20 bits per heavy atom. The lowest BCUT2D eigenvalue weighted by atomic mass is 10.5. The van der Waals surface area contributed by atoms with E-state index in [0.29, 0.717) is 12.8 Å². The van der Waals surface area contributed by atoms with Gasteiger partial charge < -0.3 is 9.59 Å². The smallest absolute Gasteiger partial charge is 0.123 e. The highest BCUT2D eigenvalue weighted by Crippen LogP contribution is 1.64. The highest BCUT2D eigenvalue weighted by Gasteiger charge is 1.59. The molecule has 10 heavy (non-hydrogen) atoms. The zero-order chi connectivity index (χ0) is 8.24. The lowest BCUT2D eigenvalue weighted by Gasteiger charge is -1.59. The Hall–Kier alpha value is -1.18. The van der Waals surface area contributed by atoms with Gasteiger partial charge in [0.1, 0.15) is 12.6 Å². The van der Waals surface area contributed by atoms with E-state index in [1.165, 1.54) is 0 Å². The number of carbonyl (C=O) groups is 2. The number of hydrogen-bond acceptors (Lipinski definition) is 2. The second-order valence-corrected chi connectivity index (χ2v) is 1.38. The van der Waals surface area contributed by atoms with E-state index in [2.05, 4.69) is 13.2 Å². The molecule has 0 saturated carbocycles. The van der Waals surface area contributed by atoms with Crippen LogP contribution in [0.5, 0.6) is 0 Å². The first-order chi connectivity index (χ1) is 4.83. The first kappa shape index (κ1) is 11.6. The van der Waals surface area contributed by atoms with Crippen LogP contribution in [0, 0.1) is 0 Å². The van der Waals surface area contributed by atoms with Gasteiger partial charge in [0, 0.05) is 12.8 Å². The van der Waals surface area contributed by atoms with Crippen molar-refractivity contribution < 1.29 is 9.59 Å². The summed E-state index contributed by atoms with van der Waals surface area (Å²) in [5.41, 5.74) is 0. The molecule has 0 unspecified atom stereocenters. The molecule has 0 N–H and O–H groups in total. The summed E-state index contributed by atoms with van der Waals surface area (Å²) >= 11 is 0. The molecular weight excluding hydrogens is 128 g/mol. The molecule has 0 heterocycles. The molecule has 0 fully saturated rings. The SMILES string of the molecule is C=CCC=O.C=CCC=O. The van der Waals surface area contributed by atoms with Crippen LogP contribution in [0.15, 0.2) is 25.3 Å². The molecule has 2 heteroatoms. The van der Waals surface area contributed by atoms with Crippen molar-refractivity contribution in [1.82, 2.24) is 0 Å². The molecule has 0 amide bonds. The molecule has 0 rings (SSSR count). The highest BCUT2D eigenvalue weighted by molar-refractivity contribution is 5.51. The first-order valence-electron chi connectivity index (χ1n) is 2.92. The molecule has 0 atom stereocenters. The van der Waals surface area contributed by atoms with Crippen molar-refractivity contribution in [1.29, 1.82) is 0 Å². The van der Waals surface area contributed by atoms with Gasteiger partial charge in [0.05, 0.1) is 0 Å². The molecule has 0 aromatic heterocycles. The van der Waals surface area contributed by atoms with E-state index in [9.17, 15) is 9.59 Å². The van der Waals surface area contributed by atoms with E-state index in [1.807, 2.05) is 0 Å². The third-order valence-electron chi connectivity index (χ3n) is 0.526. The minimum atomic E-state index is 0.472. The number of aldehydes is 2. The van der Waals surface area contributed by atoms with Crippen molar-refractivity contribution in [2.24, 2.45) is 0 Å². The van der Waals surface area contributed by atoms with E-state index < -0.39 is 0 Å². The van der Waals surface area contributed by atoms with E-state index in [0.717, 1.165) is 12.6 Å². The van der Waals surface area contributed by atoms with Crippen LogP contribution in [-0.4, -0.2) is 12.6 Å². The normalized spacial score (nSPS) is 6.40. The number of allylic oxidation sites excluding steroid dienone is 2. The standard InChI is InChI=1S/2C4H6O/c2*1-2-3-4-5/h2*2,4H,1,3H2. The van der Waals surface area contributed by atoms with E-state index in [-0.39, 0.29) is 0 Å². The van der Waals surface area contributed by atoms with Crippen LogP contribution >= 0.6 is 0 Å². The van der Waals surface area contributed by atoms with Crippen molar-refractivity contribution in [2.75, 3.05) is 0 Å². The fourth-order valence-corrected chi connectivity index (χ4v) is 0.136. The summed E-state index contributed by atoms with van der Waals surface area (Å²) in [5.74, 6) is 0. The van der Waals surface area contributed by atoms with Crippen molar-refractivity contribution >= 4 is 12.6 Å². The first-order valence-corrected chi connectivity index (χ1v) is 2.92. The Bertz CT molecular complexity index is 79.8. The topological polar surface area (TPSA) is 34.1 Å². The zero-order valence-electron chi connectivity index (χ0n) is 5.95. The van der Waals surface area contributed by atoms with E-state index in [4.69, 9.17) is 0 Å². The van der Waals surface area contributed by atoms with Crippen molar-refractivity contribution in [3.63, 3.8) is 0 Å². The summed E-state index contributed by atoms with van der Waals surface area (Å²) in [6.07, 6.45) is 5.69. The minimum absolute atomic E-state index is 0.472. The van der Waals surface area contributed by atoms with Gasteiger partial charge in [-0.3, -0.25) is 0 Å². The largest absolute Gasteiger partial charge is 0.303 e. The molecule has 56 valence electrons. The summed E-state index contributed by atoms with van der Waals surface area (Å²) in [5, 5.41) is 0. The maximum Gasteiger partial charge on any atom is 0.123 e. The van der Waals surface area contributed by atoms with Crippen LogP contribution in [0.1, 0.15) is 12.8 Å². The zero-order valence-corrected chi connectivity index (χ0v) is 5.95. The van der Waals surface area contributed by atoms with E-state index in [1.54, 1.807) is 12.2 Å². The Balaban J connectivity index is 0. The summed E-state index contributed by atoms with van der Waals surface area (Å²) in [6.45, 7) is 6.64. The maximum absolute atomic E-state index is 9.33. The van der Waals surface area contributed by atoms with Crippen LogP contribution in [0.4, 0.5) is 0 Å². The van der Waals surface area contributed by atoms with Gasteiger partial charge in [-0.1, -0.05) is 12.2 Å². The van der Waals surface area contributed by atoms with Gasteiger partial charge in [-0.05, 0) is 0 Å². The van der Waals surface area contributed by atoms with Gasteiger partial charge in [0.15, 0.2) is 0 Å². The van der Waals surface area contributed by atoms with Crippen molar-refractivity contribution in [2.45, 2.75) is 12.8 Å². The average molecular weight is 140 g/mol. The molecule has 0 aromatic carbocycles. The van der Waals surface area contributed by atoms with Crippen LogP contribution in [0.3, 0.4) is 0 Å². The van der Waals surface area contributed by atoms with E-state index >= 15 is 0 Å². The second kappa shape index (κ2) is 15.7. The third-order valence-corrected chi connectivity index (χ3v) is 0.526. The Labute approximate surface area is 61.2 Å². The van der Waals surface area contributed by atoms with Gasteiger partial charge in [0.2, 0.25) is 0 Å². The summed E-state index contributed by atoms with van der Waals surface area (Å²) < 4.78 is 0. The molecule has 0 bridgehead atoms. The molecule has 0 aliphatic heterocycles. The molecule has 0 aromatic rings. The number of carbonyl (C=O) groups excluding carboxylic acids is 2. The monoisotopic (exact) mass is 140 g/mol. The Morgan fingerprint density at radius 1 is 0.900 bits per heavy atom. The second-order valence-electron chi connectivity index (χ2n) is 1.38. The van der Waals surface area contributed by atoms with Gasteiger partial charge >= 0.3 is 0 Å². The van der Waals surface area contributed by atoms with Crippen LogP contribution < -0.4 is 0 Å². The van der Waals surface area contributed by atoms with Crippen LogP contribution in [0.25, 0.3) is 0 Å². The predicted molar refractivity (Wildman–Crippen MR) is 41.8 cm³/mol. The third kappa shape index (κ3) is 29.0. The quantitative estimate of drug-likeness (QED) is 0.438. The van der Waals surface area contributed by atoms with Gasteiger partial charge in [-0.2, -0.15) is 0 Å². The van der Waals surface area contributed by atoms with Gasteiger partial charge in [0.25, 0.3) is 0 Å². The molecule has 0 aliphatic rings. The number of rotatable bonds is 4. The van der Waals surface area contributed by atoms with Crippen molar-refractivity contribution in [3.05, 3.63) is 25.3 Å². The molecule has 2 nitrogen and oxygen atoms in total. The summed E-state index contributed by atoms with van der Waals surface area (Å²) in [4.78, 5) is 18.7. The molecular formula is C8H12O2. The van der Waals surface area contributed by atoms with Crippen molar-refractivity contribution in [3.8, 4) is 0 Å². The highest BCUT2D eigenvalue weighted by atomic mass is 16.1. The Kier molecular flexibility index (Phi) is 18.2. The molecule has 0 saturated heterocycles. The molecule has 0 radical (unpaired) electrons. The summed E-state index contributed by atoms with van der Waals surface area (Å²) in [6, 6.07) is 0. The molecule has 0 aliphatic carbocycles. The molecule has 0 spiro atoms. The Morgan fingerprint density at radius 3 is 1.20 bits per heavy atom.